The predicted molar refractivity (Wildman–Crippen MR) is 132 cm³/mol. The van der Waals surface area contributed by atoms with Gasteiger partial charge in [-0.2, -0.15) is 0 Å². The van der Waals surface area contributed by atoms with Crippen LogP contribution in [0, 0.1) is 0 Å². The second kappa shape index (κ2) is 10.4. The Morgan fingerprint density at radius 3 is 2.64 bits per heavy atom. The largest absolute Gasteiger partial charge is 0.488 e. The number of ether oxygens (including phenoxy) is 1. The first-order chi connectivity index (χ1) is 15.6. The summed E-state index contributed by atoms with van der Waals surface area (Å²) in [6, 6.07) is 7.40. The molecule has 1 N–H and O–H groups in total. The number of carbonyl (C=O) groups excluding carboxylic acids is 1. The maximum absolute atomic E-state index is 13.7. The SMILES string of the molecule is CCc1nc2c(c(OC(C)C)c(C(=O)NCCN(C)C)n2C)c(=O)n1Cc1cccc(Cl)c1. The molecule has 0 aliphatic carbocycles. The Balaban J connectivity index is 2.19. The molecule has 0 saturated carbocycles. The van der Waals surface area contributed by atoms with E-state index in [2.05, 4.69) is 5.32 Å². The van der Waals surface area contributed by atoms with Crippen LogP contribution in [0.5, 0.6) is 5.75 Å². The molecule has 178 valence electrons. The average molecular weight is 474 g/mol. The number of hydrogen-bond acceptors (Lipinski definition) is 5. The molecule has 2 aromatic heterocycles. The summed E-state index contributed by atoms with van der Waals surface area (Å²) in [5.74, 6) is 0.598. The number of likely N-dealkylation sites (N-methyl/N-ethyl adjacent to an activating group) is 1. The Labute approximate surface area is 199 Å². The van der Waals surface area contributed by atoms with Gasteiger partial charge >= 0.3 is 0 Å². The van der Waals surface area contributed by atoms with E-state index in [1.165, 1.54) is 0 Å². The Hall–Kier alpha value is -2.84. The standard InChI is InChI=1S/C24H32ClN5O3/c1-7-18-27-22-19(24(32)30(18)14-16-9-8-10-17(25)13-16)21(33-15(2)3)20(29(22)6)23(31)26-11-12-28(4)5/h8-10,13,15H,7,11-12,14H2,1-6H3,(H,26,31). The molecule has 2 heterocycles. The van der Waals surface area contributed by atoms with Crippen LogP contribution in [0.3, 0.4) is 0 Å². The van der Waals surface area contributed by atoms with Crippen LogP contribution in [-0.4, -0.2) is 58.2 Å². The van der Waals surface area contributed by atoms with Crippen molar-refractivity contribution in [2.75, 3.05) is 27.2 Å². The van der Waals surface area contributed by atoms with Gasteiger partial charge in [0.15, 0.2) is 17.1 Å². The monoisotopic (exact) mass is 473 g/mol. The number of fused-ring (bicyclic) bond motifs is 1. The molecule has 1 amide bonds. The zero-order chi connectivity index (χ0) is 24.3. The lowest BCUT2D eigenvalue weighted by Gasteiger charge is -2.14. The fourth-order valence-corrected chi connectivity index (χ4v) is 3.95. The van der Waals surface area contributed by atoms with Crippen molar-refractivity contribution in [1.82, 2.24) is 24.3 Å². The second-order valence-electron chi connectivity index (χ2n) is 8.56. The lowest BCUT2D eigenvalue weighted by Crippen LogP contribution is -2.32. The van der Waals surface area contributed by atoms with E-state index in [1.807, 2.05) is 58.0 Å². The third-order valence-corrected chi connectivity index (χ3v) is 5.52. The van der Waals surface area contributed by atoms with Gasteiger partial charge in [0.05, 0.1) is 12.6 Å². The highest BCUT2D eigenvalue weighted by Gasteiger charge is 2.28. The number of hydrogen-bond donors (Lipinski definition) is 1. The minimum atomic E-state index is -0.299. The molecule has 3 rings (SSSR count). The average Bonchev–Trinajstić information content (AvgIpc) is 3.00. The quantitative estimate of drug-likeness (QED) is 0.516. The number of halogens is 1. The first kappa shape index (κ1) is 24.8. The Bertz CT molecular complexity index is 1210. The predicted octanol–water partition coefficient (Wildman–Crippen LogP) is 3.08. The molecule has 0 unspecified atom stereocenters. The minimum absolute atomic E-state index is 0.226. The van der Waals surface area contributed by atoms with Crippen molar-refractivity contribution in [3.8, 4) is 5.75 Å². The summed E-state index contributed by atoms with van der Waals surface area (Å²) >= 11 is 6.15. The summed E-state index contributed by atoms with van der Waals surface area (Å²) in [7, 11) is 5.62. The molecule has 0 spiro atoms. The highest BCUT2D eigenvalue weighted by molar-refractivity contribution is 6.30. The van der Waals surface area contributed by atoms with E-state index in [0.717, 1.165) is 5.56 Å². The summed E-state index contributed by atoms with van der Waals surface area (Å²) in [5.41, 5.74) is 1.39. The van der Waals surface area contributed by atoms with Gasteiger partial charge < -0.3 is 19.5 Å². The van der Waals surface area contributed by atoms with Crippen LogP contribution >= 0.6 is 11.6 Å². The number of nitrogens with zero attached hydrogens (tertiary/aromatic N) is 4. The number of aryl methyl sites for hydroxylation is 2. The normalized spacial score (nSPS) is 11.5. The van der Waals surface area contributed by atoms with Crippen LogP contribution in [0.2, 0.25) is 5.02 Å². The van der Waals surface area contributed by atoms with E-state index in [9.17, 15) is 9.59 Å². The molecule has 1 aromatic carbocycles. The second-order valence-corrected chi connectivity index (χ2v) is 9.00. The number of amides is 1. The first-order valence-electron chi connectivity index (χ1n) is 11.1. The lowest BCUT2D eigenvalue weighted by molar-refractivity contribution is 0.0937. The molecule has 33 heavy (non-hydrogen) atoms. The fourth-order valence-electron chi connectivity index (χ4n) is 3.74. The van der Waals surface area contributed by atoms with Gasteiger partial charge in [0.25, 0.3) is 11.5 Å². The van der Waals surface area contributed by atoms with Gasteiger partial charge in [-0.15, -0.1) is 0 Å². The summed E-state index contributed by atoms with van der Waals surface area (Å²) in [4.78, 5) is 33.6. The summed E-state index contributed by atoms with van der Waals surface area (Å²) in [6.07, 6.45) is 0.331. The molecule has 9 heteroatoms. The maximum Gasteiger partial charge on any atom is 0.271 e. The van der Waals surface area contributed by atoms with Crippen LogP contribution in [0.4, 0.5) is 0 Å². The fraction of sp³-hybridized carbons (Fsp3) is 0.458. The van der Waals surface area contributed by atoms with Crippen molar-refractivity contribution in [3.05, 3.63) is 56.7 Å². The molecule has 0 radical (unpaired) electrons. The molecule has 0 fully saturated rings. The molecule has 8 nitrogen and oxygen atoms in total. The van der Waals surface area contributed by atoms with Gasteiger partial charge in [0.2, 0.25) is 0 Å². The van der Waals surface area contributed by atoms with Gasteiger partial charge in [-0.3, -0.25) is 14.2 Å². The van der Waals surface area contributed by atoms with Crippen LogP contribution in [0.25, 0.3) is 11.0 Å². The molecule has 0 atom stereocenters. The van der Waals surface area contributed by atoms with E-state index in [4.69, 9.17) is 21.3 Å². The molecular weight excluding hydrogens is 442 g/mol. The van der Waals surface area contributed by atoms with Gasteiger partial charge in [-0.05, 0) is 45.6 Å². The van der Waals surface area contributed by atoms with Crippen molar-refractivity contribution in [2.45, 2.75) is 39.8 Å². The van der Waals surface area contributed by atoms with Crippen LogP contribution in [0.1, 0.15) is 42.6 Å². The maximum atomic E-state index is 13.7. The first-order valence-corrected chi connectivity index (χ1v) is 11.5. The van der Waals surface area contributed by atoms with Gasteiger partial charge in [-0.25, -0.2) is 4.98 Å². The van der Waals surface area contributed by atoms with Crippen molar-refractivity contribution >= 4 is 28.5 Å². The Kier molecular flexibility index (Phi) is 7.81. The number of benzene rings is 1. The smallest absolute Gasteiger partial charge is 0.271 e. The number of carbonyl (C=O) groups is 1. The van der Waals surface area contributed by atoms with E-state index in [1.54, 1.807) is 22.2 Å². The van der Waals surface area contributed by atoms with E-state index >= 15 is 0 Å². The van der Waals surface area contributed by atoms with Crippen molar-refractivity contribution < 1.29 is 9.53 Å². The van der Waals surface area contributed by atoms with Crippen molar-refractivity contribution in [3.63, 3.8) is 0 Å². The third kappa shape index (κ3) is 5.39. The number of nitrogens with one attached hydrogen (secondary N) is 1. The highest BCUT2D eigenvalue weighted by atomic mass is 35.5. The van der Waals surface area contributed by atoms with Gasteiger partial charge in [0.1, 0.15) is 11.2 Å². The van der Waals surface area contributed by atoms with E-state index < -0.39 is 0 Å². The highest BCUT2D eigenvalue weighted by Crippen LogP contribution is 2.31. The van der Waals surface area contributed by atoms with Gasteiger partial charge in [0, 0.05) is 31.6 Å². The van der Waals surface area contributed by atoms with E-state index in [0.29, 0.717) is 53.6 Å². The minimum Gasteiger partial charge on any atom is -0.488 e. The molecular formula is C24H32ClN5O3. The molecule has 0 aliphatic rings. The zero-order valence-electron chi connectivity index (χ0n) is 20.1. The molecule has 0 aliphatic heterocycles. The number of rotatable bonds is 9. The van der Waals surface area contributed by atoms with Crippen LogP contribution in [-0.2, 0) is 20.0 Å². The molecule has 3 aromatic rings. The zero-order valence-corrected chi connectivity index (χ0v) is 20.9. The summed E-state index contributed by atoms with van der Waals surface area (Å²) in [5, 5.41) is 3.83. The van der Waals surface area contributed by atoms with Crippen molar-refractivity contribution in [1.29, 1.82) is 0 Å². The van der Waals surface area contributed by atoms with Crippen LogP contribution in [0.15, 0.2) is 29.1 Å². The molecule has 0 saturated heterocycles. The van der Waals surface area contributed by atoms with E-state index in [-0.39, 0.29) is 23.3 Å². The Morgan fingerprint density at radius 2 is 2.03 bits per heavy atom. The number of aromatic nitrogens is 3. The summed E-state index contributed by atoms with van der Waals surface area (Å²) in [6.45, 7) is 7.18. The van der Waals surface area contributed by atoms with Crippen LogP contribution < -0.4 is 15.6 Å². The topological polar surface area (TPSA) is 81.4 Å². The van der Waals surface area contributed by atoms with Crippen molar-refractivity contribution in [2.24, 2.45) is 7.05 Å². The third-order valence-electron chi connectivity index (χ3n) is 5.28. The summed E-state index contributed by atoms with van der Waals surface area (Å²) < 4.78 is 9.33. The van der Waals surface area contributed by atoms with Gasteiger partial charge in [-0.1, -0.05) is 30.7 Å². The molecule has 0 bridgehead atoms. The Morgan fingerprint density at radius 1 is 1.30 bits per heavy atom. The lowest BCUT2D eigenvalue weighted by atomic mass is 10.2.